The molecule has 0 spiro atoms. The van der Waals surface area contributed by atoms with E-state index in [0.717, 1.165) is 88.3 Å². The van der Waals surface area contributed by atoms with Gasteiger partial charge in [0, 0.05) is 0 Å². The highest BCUT2D eigenvalue weighted by molar-refractivity contribution is 4.81. The van der Waals surface area contributed by atoms with E-state index in [0.29, 0.717) is 10.8 Å². The smallest absolute Gasteiger partial charge is 0.0328 e. The lowest BCUT2D eigenvalue weighted by Crippen LogP contribution is -2.23. The maximum atomic E-state index is 2.39. The van der Waals surface area contributed by atoms with Crippen LogP contribution in [0.5, 0.6) is 0 Å². The molecule has 0 N–H and O–H groups in total. The molecule has 7 atom stereocenters. The van der Waals surface area contributed by atoms with Crippen molar-refractivity contribution >= 4 is 0 Å². The van der Waals surface area contributed by atoms with Crippen molar-refractivity contribution in [3.8, 4) is 0 Å². The van der Waals surface area contributed by atoms with Crippen LogP contribution in [0.3, 0.4) is 0 Å². The van der Waals surface area contributed by atoms with Gasteiger partial charge in [0.25, 0.3) is 0 Å². The first kappa shape index (κ1) is 79.1. The van der Waals surface area contributed by atoms with Gasteiger partial charge in [-0.2, -0.15) is 0 Å². The molecule has 466 valence electrons. The fourth-order valence-electron chi connectivity index (χ4n) is 12.1. The van der Waals surface area contributed by atoms with Gasteiger partial charge >= 0.3 is 0 Å². The Hall–Kier alpha value is 0. The molecule has 0 nitrogen and oxygen atoms in total. The third-order valence-electron chi connectivity index (χ3n) is 22.4. The molecule has 0 bridgehead atoms. The molecule has 5 unspecified atom stereocenters. The van der Waals surface area contributed by atoms with Crippen LogP contribution in [-0.4, -0.2) is 0 Å². The highest BCUT2D eigenvalue weighted by Crippen LogP contribution is 2.43. The van der Waals surface area contributed by atoms with Gasteiger partial charge in [0.2, 0.25) is 0 Å². The van der Waals surface area contributed by atoms with Gasteiger partial charge in [-0.15, -0.1) is 0 Å². The average molecular weight is 1080 g/mol. The zero-order chi connectivity index (χ0) is 59.0. The van der Waals surface area contributed by atoms with E-state index in [4.69, 9.17) is 0 Å². The van der Waals surface area contributed by atoms with Crippen LogP contribution in [-0.2, 0) is 0 Å². The molecule has 0 aliphatic heterocycles. The Labute approximate surface area is 493 Å². The van der Waals surface area contributed by atoms with E-state index in [1.807, 2.05) is 0 Å². The Balaban J connectivity index is 0. The largest absolute Gasteiger partial charge is 0.0654 e. The molecule has 0 saturated heterocycles. The molecule has 9 aliphatic carbocycles. The Morgan fingerprint density at radius 3 is 0.987 bits per heavy atom. The molecule has 0 aromatic heterocycles. The topological polar surface area (TPSA) is 0 Å². The molecule has 9 saturated carbocycles. The Bertz CT molecular complexity index is 1160. The normalized spacial score (nSPS) is 27.3. The summed E-state index contributed by atoms with van der Waals surface area (Å²) in [5, 5.41) is 0. The number of hydrogen-bond acceptors (Lipinski definition) is 0. The molecule has 0 amide bonds. The van der Waals surface area contributed by atoms with Gasteiger partial charge in [0.1, 0.15) is 0 Å². The van der Waals surface area contributed by atoms with Crippen molar-refractivity contribution in [2.24, 2.45) is 99.1 Å². The SMILES string of the molecule is CC(C)C(C)(C)C.CC(C)C1CCC1.CC1(C)CCCC1.CC1CCC(C)C1.CC1CCCCC1.CC1CCC[C@H]1C.CCC(C)C(C)C.CCC1(C)CCC1.CCC1CCCC1.CCC1CC[C@@H]1C.CCCC1CCC1. The maximum Gasteiger partial charge on any atom is -0.0328 e. The van der Waals surface area contributed by atoms with E-state index >= 15 is 0 Å². The standard InChI is InChI=1S/9C7H14.2C7H16/c1-6-3-4-7(2)5-6;1-7(2)5-3-4-6-7;1-6-4-3-5-7(6)2;1-6(2)7-4-3-5-7;1-7-5-3-2-4-6-7;1-3-7(2)5-4-6-7;1-3-7-5-4-6(7)2;1-2-7-5-3-4-6-7;1-2-4-7-5-3-6-7;1-6(2)7(3,4)5;1-5-7(4)6(2)3/h6-7H,3-5H2,1-2H3;3-6H2,1-2H3;2*6-7H,3-5H2,1-2H3;7H,2-6H2,1H3;3-6H2,1-2H3;6-7H,3-5H2,1-2H3;2*7H,2-6H2,1H3;6H,1-5H3;6-7H,5H2,1-4H3/t;;6-,7?;;;;6-,7?;;;;/m..1...0..../s1. The monoisotopic (exact) mass is 1080 g/mol. The quantitative estimate of drug-likeness (QED) is 0.227. The van der Waals surface area contributed by atoms with Crippen molar-refractivity contribution in [3.05, 3.63) is 0 Å². The molecule has 0 aromatic carbocycles. The van der Waals surface area contributed by atoms with E-state index in [1.165, 1.54) is 231 Å². The number of rotatable bonds is 8. The van der Waals surface area contributed by atoms with Gasteiger partial charge in [-0.25, -0.2) is 0 Å². The van der Waals surface area contributed by atoms with Gasteiger partial charge < -0.3 is 0 Å². The van der Waals surface area contributed by atoms with E-state index in [1.54, 1.807) is 0 Å². The minimum Gasteiger partial charge on any atom is -0.0654 e. The molecule has 0 aromatic rings. The Kier molecular flexibility index (Phi) is 47.6. The summed E-state index contributed by atoms with van der Waals surface area (Å²) in [5.74, 6) is 14.1. The van der Waals surface area contributed by atoms with E-state index < -0.39 is 0 Å². The summed E-state index contributed by atoms with van der Waals surface area (Å²) in [6.45, 7) is 55.4. The molecule has 0 radical (unpaired) electrons. The summed E-state index contributed by atoms with van der Waals surface area (Å²) >= 11 is 0. The summed E-state index contributed by atoms with van der Waals surface area (Å²) in [6, 6.07) is 0. The zero-order valence-corrected chi connectivity index (χ0v) is 59.0. The third kappa shape index (κ3) is 43.3. The molecule has 9 fully saturated rings. The molecule has 9 aliphatic rings. The van der Waals surface area contributed by atoms with Crippen molar-refractivity contribution in [2.45, 2.75) is 397 Å². The summed E-state index contributed by atoms with van der Waals surface area (Å²) in [4.78, 5) is 0. The van der Waals surface area contributed by atoms with Crippen molar-refractivity contribution in [3.63, 3.8) is 0 Å². The first-order valence-corrected chi connectivity index (χ1v) is 36.1. The Morgan fingerprint density at radius 1 is 0.429 bits per heavy atom. The lowest BCUT2D eigenvalue weighted by atomic mass is 9.69. The molecule has 77 heavy (non-hydrogen) atoms. The fraction of sp³-hybridized carbons (Fsp3) is 1.00. The minimum atomic E-state index is 0.500. The highest BCUT2D eigenvalue weighted by Gasteiger charge is 2.29. The third-order valence-corrected chi connectivity index (χ3v) is 22.4. The number of hydrogen-bond donors (Lipinski definition) is 0. The van der Waals surface area contributed by atoms with Gasteiger partial charge in [0.15, 0.2) is 0 Å². The van der Waals surface area contributed by atoms with Crippen molar-refractivity contribution in [2.75, 3.05) is 0 Å². The van der Waals surface area contributed by atoms with Crippen molar-refractivity contribution in [1.29, 1.82) is 0 Å². The van der Waals surface area contributed by atoms with E-state index in [9.17, 15) is 0 Å². The molecule has 0 heterocycles. The zero-order valence-electron chi connectivity index (χ0n) is 59.0. The summed E-state index contributed by atoms with van der Waals surface area (Å²) in [7, 11) is 0. The van der Waals surface area contributed by atoms with Crippen LogP contribution in [0.25, 0.3) is 0 Å². The first-order chi connectivity index (χ1) is 36.1. The van der Waals surface area contributed by atoms with Gasteiger partial charge in [-0.05, 0) is 138 Å². The molecular weight excluding hydrogens is 925 g/mol. The maximum absolute atomic E-state index is 2.39. The predicted octanol–water partition coefficient (Wildman–Crippen LogP) is 28.1. The van der Waals surface area contributed by atoms with Crippen LogP contribution in [0.1, 0.15) is 397 Å². The van der Waals surface area contributed by atoms with Crippen LogP contribution in [0.4, 0.5) is 0 Å². The van der Waals surface area contributed by atoms with Crippen LogP contribution < -0.4 is 0 Å². The summed E-state index contributed by atoms with van der Waals surface area (Å²) in [5.41, 5.74) is 1.96. The second-order valence-corrected chi connectivity index (χ2v) is 32.0. The lowest BCUT2D eigenvalue weighted by Gasteiger charge is -2.37. The fourth-order valence-corrected chi connectivity index (χ4v) is 12.1. The average Bonchev–Trinajstić information content (AvgIpc) is 4.18. The van der Waals surface area contributed by atoms with Crippen LogP contribution >= 0.6 is 0 Å². The van der Waals surface area contributed by atoms with E-state index in [2.05, 4.69) is 166 Å². The second-order valence-electron chi connectivity index (χ2n) is 32.0. The lowest BCUT2D eigenvalue weighted by molar-refractivity contribution is 0.155. The van der Waals surface area contributed by atoms with Crippen LogP contribution in [0, 0.1) is 99.1 Å². The first-order valence-electron chi connectivity index (χ1n) is 36.1. The van der Waals surface area contributed by atoms with Crippen molar-refractivity contribution < 1.29 is 0 Å². The van der Waals surface area contributed by atoms with Gasteiger partial charge in [0.05, 0.1) is 0 Å². The van der Waals surface area contributed by atoms with Crippen molar-refractivity contribution in [1.82, 2.24) is 0 Å². The summed E-state index contributed by atoms with van der Waals surface area (Å²) < 4.78 is 0. The van der Waals surface area contributed by atoms with Gasteiger partial charge in [-0.3, -0.25) is 0 Å². The predicted molar refractivity (Wildman–Crippen MR) is 359 cm³/mol. The molecular formula is C77H158. The van der Waals surface area contributed by atoms with Crippen LogP contribution in [0.2, 0.25) is 0 Å². The second kappa shape index (κ2) is 46.4. The highest BCUT2D eigenvalue weighted by atomic mass is 14.3. The molecule has 0 heteroatoms. The minimum absolute atomic E-state index is 0.500. The van der Waals surface area contributed by atoms with Gasteiger partial charge in [-0.1, -0.05) is 359 Å². The van der Waals surface area contributed by atoms with Crippen LogP contribution in [0.15, 0.2) is 0 Å². The molecule has 9 rings (SSSR count). The van der Waals surface area contributed by atoms with E-state index in [-0.39, 0.29) is 0 Å². The Morgan fingerprint density at radius 2 is 0.883 bits per heavy atom. The summed E-state index contributed by atoms with van der Waals surface area (Å²) in [6.07, 6.45) is 53.0.